The van der Waals surface area contributed by atoms with Gasteiger partial charge >= 0.3 is 0 Å². The second kappa shape index (κ2) is 8.08. The molecule has 0 saturated carbocycles. The monoisotopic (exact) mass is 300 g/mol. The molecule has 0 bridgehead atoms. The SMILES string of the molecule is CCCS(=O)(=O)CCOc1ccc(C#CCCl)cc1. The molecule has 0 amide bonds. The number of halogens is 1. The number of hydrogen-bond acceptors (Lipinski definition) is 3. The van der Waals surface area contributed by atoms with Crippen LogP contribution in [-0.2, 0) is 9.84 Å². The lowest BCUT2D eigenvalue weighted by molar-refractivity contribution is 0.341. The molecular formula is C14H17ClO3S. The molecule has 0 N–H and O–H groups in total. The van der Waals surface area contributed by atoms with Gasteiger partial charge in [0, 0.05) is 5.56 Å². The molecule has 0 radical (unpaired) electrons. The molecule has 0 aliphatic rings. The quantitative estimate of drug-likeness (QED) is 0.599. The summed E-state index contributed by atoms with van der Waals surface area (Å²) in [6.45, 7) is 2.02. The third kappa shape index (κ3) is 6.51. The molecule has 1 aromatic carbocycles. The minimum absolute atomic E-state index is 0.0502. The lowest BCUT2D eigenvalue weighted by atomic mass is 10.2. The van der Waals surface area contributed by atoms with Crippen molar-refractivity contribution in [1.29, 1.82) is 0 Å². The van der Waals surface area contributed by atoms with Gasteiger partial charge in [0.15, 0.2) is 9.84 Å². The maximum Gasteiger partial charge on any atom is 0.153 e. The molecule has 3 nitrogen and oxygen atoms in total. The topological polar surface area (TPSA) is 43.4 Å². The summed E-state index contributed by atoms with van der Waals surface area (Å²) >= 11 is 5.46. The van der Waals surface area contributed by atoms with Crippen LogP contribution in [0.1, 0.15) is 18.9 Å². The Hall–Kier alpha value is -1.18. The molecule has 19 heavy (non-hydrogen) atoms. The first kappa shape index (κ1) is 15.9. The predicted molar refractivity (Wildman–Crippen MR) is 78.5 cm³/mol. The van der Waals surface area contributed by atoms with Gasteiger partial charge in [-0.25, -0.2) is 8.42 Å². The van der Waals surface area contributed by atoms with Gasteiger partial charge in [-0.3, -0.25) is 0 Å². The number of benzene rings is 1. The highest BCUT2D eigenvalue weighted by Crippen LogP contribution is 2.11. The van der Waals surface area contributed by atoms with Crippen molar-refractivity contribution in [3.63, 3.8) is 0 Å². The summed E-state index contributed by atoms with van der Waals surface area (Å²) in [6.07, 6.45) is 0.635. The van der Waals surface area contributed by atoms with Crippen molar-refractivity contribution in [2.24, 2.45) is 0 Å². The van der Waals surface area contributed by atoms with Crippen LogP contribution in [0, 0.1) is 11.8 Å². The van der Waals surface area contributed by atoms with E-state index in [0.29, 0.717) is 18.1 Å². The molecule has 104 valence electrons. The van der Waals surface area contributed by atoms with Crippen molar-refractivity contribution in [3.8, 4) is 17.6 Å². The fourth-order valence-corrected chi connectivity index (χ4v) is 2.70. The molecular weight excluding hydrogens is 284 g/mol. The van der Waals surface area contributed by atoms with Gasteiger partial charge in [0.05, 0.1) is 17.4 Å². The van der Waals surface area contributed by atoms with Crippen LogP contribution < -0.4 is 4.74 Å². The number of ether oxygens (including phenoxy) is 1. The third-order valence-corrected chi connectivity index (χ3v) is 4.28. The molecule has 0 saturated heterocycles. The molecule has 1 rings (SSSR count). The second-order valence-corrected chi connectivity index (χ2v) is 6.53. The van der Waals surface area contributed by atoms with E-state index < -0.39 is 9.84 Å². The summed E-state index contributed by atoms with van der Waals surface area (Å²) in [5.74, 6) is 6.84. The van der Waals surface area contributed by atoms with Gasteiger partial charge in [-0.05, 0) is 30.7 Å². The maximum absolute atomic E-state index is 11.5. The van der Waals surface area contributed by atoms with E-state index in [1.54, 1.807) is 12.1 Å². The zero-order chi connectivity index (χ0) is 14.1. The van der Waals surface area contributed by atoms with Gasteiger partial charge < -0.3 is 4.74 Å². The van der Waals surface area contributed by atoms with Gasteiger partial charge in [-0.1, -0.05) is 18.8 Å². The Kier molecular flexibility index (Phi) is 6.75. The summed E-state index contributed by atoms with van der Waals surface area (Å²) in [5, 5.41) is 0. The Bertz CT molecular complexity index is 538. The summed E-state index contributed by atoms with van der Waals surface area (Å²) in [4.78, 5) is 0. The normalized spacial score (nSPS) is 10.6. The van der Waals surface area contributed by atoms with E-state index in [0.717, 1.165) is 5.56 Å². The lowest BCUT2D eigenvalue weighted by Gasteiger charge is -2.06. The Morgan fingerprint density at radius 3 is 2.47 bits per heavy atom. The molecule has 0 fully saturated rings. The van der Waals surface area contributed by atoms with Crippen LogP contribution in [0.4, 0.5) is 0 Å². The average molecular weight is 301 g/mol. The van der Waals surface area contributed by atoms with Crippen molar-refractivity contribution in [2.45, 2.75) is 13.3 Å². The van der Waals surface area contributed by atoms with Gasteiger partial charge in [0.1, 0.15) is 12.4 Å². The molecule has 0 aliphatic carbocycles. The van der Waals surface area contributed by atoms with Gasteiger partial charge in [-0.15, -0.1) is 11.6 Å². The Balaban J connectivity index is 2.46. The van der Waals surface area contributed by atoms with E-state index in [1.807, 2.05) is 19.1 Å². The molecule has 0 unspecified atom stereocenters. The smallest absolute Gasteiger partial charge is 0.153 e. The number of sulfone groups is 1. The fraction of sp³-hybridized carbons (Fsp3) is 0.429. The van der Waals surface area contributed by atoms with Crippen molar-refractivity contribution >= 4 is 21.4 Å². The number of alkyl halides is 1. The standard InChI is InChI=1S/C14H17ClO3S/c1-2-11-19(16,17)12-10-18-14-7-5-13(6-8-14)4-3-9-15/h5-8H,2,9-12H2,1H3. The number of rotatable bonds is 6. The zero-order valence-corrected chi connectivity index (χ0v) is 12.4. The highest BCUT2D eigenvalue weighted by molar-refractivity contribution is 7.91. The minimum Gasteiger partial charge on any atom is -0.493 e. The molecule has 0 heterocycles. The first-order chi connectivity index (χ1) is 9.07. The van der Waals surface area contributed by atoms with Crippen LogP contribution in [0.15, 0.2) is 24.3 Å². The second-order valence-electron chi connectivity index (χ2n) is 3.96. The van der Waals surface area contributed by atoms with Crippen LogP contribution in [-0.4, -0.2) is 32.4 Å². The molecule has 0 spiro atoms. The van der Waals surface area contributed by atoms with E-state index in [1.165, 1.54) is 0 Å². The summed E-state index contributed by atoms with van der Waals surface area (Å²) in [5.41, 5.74) is 0.853. The Morgan fingerprint density at radius 1 is 1.21 bits per heavy atom. The van der Waals surface area contributed by atoms with Crippen LogP contribution >= 0.6 is 11.6 Å². The van der Waals surface area contributed by atoms with Crippen molar-refractivity contribution in [3.05, 3.63) is 29.8 Å². The Morgan fingerprint density at radius 2 is 1.89 bits per heavy atom. The van der Waals surface area contributed by atoms with Crippen LogP contribution in [0.2, 0.25) is 0 Å². The zero-order valence-electron chi connectivity index (χ0n) is 10.9. The van der Waals surface area contributed by atoms with E-state index in [2.05, 4.69) is 11.8 Å². The first-order valence-corrected chi connectivity index (χ1v) is 8.41. The van der Waals surface area contributed by atoms with Gasteiger partial charge in [-0.2, -0.15) is 0 Å². The third-order valence-electron chi connectivity index (χ3n) is 2.33. The largest absolute Gasteiger partial charge is 0.493 e. The summed E-state index contributed by atoms with van der Waals surface area (Å²) in [7, 11) is -2.98. The van der Waals surface area contributed by atoms with Gasteiger partial charge in [0.25, 0.3) is 0 Å². The molecule has 1 aromatic rings. The molecule has 0 aliphatic heterocycles. The van der Waals surface area contributed by atoms with Gasteiger partial charge in [0.2, 0.25) is 0 Å². The summed E-state index contributed by atoms with van der Waals surface area (Å²) in [6, 6.07) is 7.17. The van der Waals surface area contributed by atoms with Crippen LogP contribution in [0.25, 0.3) is 0 Å². The van der Waals surface area contributed by atoms with Crippen LogP contribution in [0.5, 0.6) is 5.75 Å². The highest BCUT2D eigenvalue weighted by Gasteiger charge is 2.09. The summed E-state index contributed by atoms with van der Waals surface area (Å²) < 4.78 is 28.4. The van der Waals surface area contributed by atoms with E-state index in [-0.39, 0.29) is 18.1 Å². The average Bonchev–Trinajstić information content (AvgIpc) is 2.37. The lowest BCUT2D eigenvalue weighted by Crippen LogP contribution is -2.16. The van der Waals surface area contributed by atoms with E-state index >= 15 is 0 Å². The maximum atomic E-state index is 11.5. The first-order valence-electron chi connectivity index (χ1n) is 6.05. The number of hydrogen-bond donors (Lipinski definition) is 0. The van der Waals surface area contributed by atoms with Crippen molar-refractivity contribution < 1.29 is 13.2 Å². The molecule has 0 aromatic heterocycles. The molecule has 0 atom stereocenters. The van der Waals surface area contributed by atoms with E-state index in [4.69, 9.17) is 16.3 Å². The predicted octanol–water partition coefficient (Wildman–Crippen LogP) is 2.48. The van der Waals surface area contributed by atoms with E-state index in [9.17, 15) is 8.42 Å². The molecule has 5 heteroatoms. The van der Waals surface area contributed by atoms with Crippen molar-refractivity contribution in [1.82, 2.24) is 0 Å². The highest BCUT2D eigenvalue weighted by atomic mass is 35.5. The minimum atomic E-state index is -2.98. The fourth-order valence-electron chi connectivity index (χ4n) is 1.47. The Labute approximate surface area is 119 Å². The van der Waals surface area contributed by atoms with Crippen molar-refractivity contribution in [2.75, 3.05) is 24.0 Å². The van der Waals surface area contributed by atoms with Crippen LogP contribution in [0.3, 0.4) is 0 Å².